The van der Waals surface area contributed by atoms with Gasteiger partial charge in [-0.2, -0.15) is 4.98 Å². The van der Waals surface area contributed by atoms with Crippen LogP contribution in [0.25, 0.3) is 28.0 Å². The molecular weight excluding hydrogens is 425 g/mol. The zero-order chi connectivity index (χ0) is 21.4. The van der Waals surface area contributed by atoms with Gasteiger partial charge in [0, 0.05) is 17.3 Å². The third-order valence-electron chi connectivity index (χ3n) is 5.02. The number of hydrogen-bond donors (Lipinski definition) is 0. The number of methoxy groups -OCH3 is 1. The van der Waals surface area contributed by atoms with E-state index in [1.54, 1.807) is 41.0 Å². The average molecular weight is 444 g/mol. The van der Waals surface area contributed by atoms with Gasteiger partial charge in [-0.3, -0.25) is 13.9 Å². The summed E-state index contributed by atoms with van der Waals surface area (Å²) in [6, 6.07) is 12.3. The second kappa shape index (κ2) is 8.13. The lowest BCUT2D eigenvalue weighted by Crippen LogP contribution is -2.38. The molecule has 2 aromatic carbocycles. The zero-order valence-electron chi connectivity index (χ0n) is 16.5. The van der Waals surface area contributed by atoms with E-state index in [0.717, 1.165) is 18.2 Å². The van der Waals surface area contributed by atoms with Crippen molar-refractivity contribution in [2.24, 2.45) is 0 Å². The van der Waals surface area contributed by atoms with Gasteiger partial charge in [-0.25, -0.2) is 4.79 Å². The Morgan fingerprint density at radius 1 is 1.07 bits per heavy atom. The van der Waals surface area contributed by atoms with Crippen LogP contribution in [0.4, 0.5) is 0 Å². The number of fused-ring (bicyclic) bond motifs is 2. The summed E-state index contributed by atoms with van der Waals surface area (Å²) in [6.07, 6.45) is 1.59. The van der Waals surface area contributed by atoms with Gasteiger partial charge < -0.3 is 4.74 Å². The monoisotopic (exact) mass is 443 g/mol. The van der Waals surface area contributed by atoms with Crippen LogP contribution in [0.15, 0.2) is 52.1 Å². The molecule has 0 radical (unpaired) electrons. The predicted molar refractivity (Wildman–Crippen MR) is 120 cm³/mol. The summed E-state index contributed by atoms with van der Waals surface area (Å²) in [5, 5.41) is 1.71. The van der Waals surface area contributed by atoms with Gasteiger partial charge in [0.1, 0.15) is 5.75 Å². The minimum atomic E-state index is -0.573. The molecule has 8 heteroatoms. The molecule has 0 saturated heterocycles. The highest BCUT2D eigenvalue weighted by Gasteiger charge is 2.21. The molecule has 4 rings (SSSR count). The highest BCUT2D eigenvalue weighted by atomic mass is 35.5. The topological polar surface area (TPSA) is 66.1 Å². The molecule has 2 aromatic rings. The number of pyridine rings is 1. The Hall–Kier alpha value is -2.83. The maximum absolute atomic E-state index is 13.2. The van der Waals surface area contributed by atoms with E-state index in [2.05, 4.69) is 4.98 Å². The van der Waals surface area contributed by atoms with Crippen LogP contribution in [-0.4, -0.2) is 21.2 Å². The number of benzene rings is 2. The summed E-state index contributed by atoms with van der Waals surface area (Å²) in [4.78, 5) is 30.1. The molecule has 0 aliphatic carbocycles. The lowest BCUT2D eigenvalue weighted by atomic mass is 10.1. The molecule has 2 heterocycles. The molecule has 0 unspecified atom stereocenters. The van der Waals surface area contributed by atoms with Gasteiger partial charge >= 0.3 is 5.69 Å². The van der Waals surface area contributed by atoms with Crippen LogP contribution in [0, 0.1) is 0 Å². The quantitative estimate of drug-likeness (QED) is 0.416. The molecule has 2 aliphatic heterocycles. The van der Waals surface area contributed by atoms with Gasteiger partial charge in [-0.05, 0) is 48.2 Å². The minimum absolute atomic E-state index is 0.258. The van der Waals surface area contributed by atoms with Crippen LogP contribution in [-0.2, 0) is 6.54 Å². The van der Waals surface area contributed by atoms with Gasteiger partial charge in [0.25, 0.3) is 5.56 Å². The third kappa shape index (κ3) is 3.46. The molecule has 0 fully saturated rings. The SMILES string of the molecule is CCCCn1c(=O)nc2n(-c3ccc(OC)c(Cl)c3)c3cc(Cl)ccc3cc-2c1=O. The predicted octanol–water partition coefficient (Wildman–Crippen LogP) is 4.77. The van der Waals surface area contributed by atoms with Crippen molar-refractivity contribution in [2.75, 3.05) is 7.11 Å². The van der Waals surface area contributed by atoms with E-state index < -0.39 is 5.69 Å². The lowest BCUT2D eigenvalue weighted by Gasteiger charge is -2.19. The summed E-state index contributed by atoms with van der Waals surface area (Å²) in [5.41, 5.74) is 0.761. The van der Waals surface area contributed by atoms with Gasteiger partial charge in [0.2, 0.25) is 0 Å². The van der Waals surface area contributed by atoms with E-state index in [-0.39, 0.29) is 11.4 Å². The number of ether oxygens (including phenoxy) is 1. The number of hydrogen-bond acceptors (Lipinski definition) is 4. The lowest BCUT2D eigenvalue weighted by molar-refractivity contribution is 0.415. The van der Waals surface area contributed by atoms with E-state index in [0.29, 0.717) is 39.1 Å². The first-order valence-electron chi connectivity index (χ1n) is 9.54. The first-order chi connectivity index (χ1) is 14.4. The van der Waals surface area contributed by atoms with Crippen LogP contribution >= 0.6 is 23.2 Å². The van der Waals surface area contributed by atoms with E-state index in [4.69, 9.17) is 27.9 Å². The molecule has 0 spiro atoms. The van der Waals surface area contributed by atoms with Crippen LogP contribution in [0.5, 0.6) is 5.75 Å². The second-order valence-electron chi connectivity index (χ2n) is 6.94. The van der Waals surface area contributed by atoms with Crippen LogP contribution in [0.3, 0.4) is 0 Å². The number of aromatic nitrogens is 3. The van der Waals surface area contributed by atoms with Crippen LogP contribution in [0.2, 0.25) is 10.0 Å². The standard InChI is InChI=1S/C22H19Cl2N3O3/c1-3-4-9-26-21(28)16-10-13-5-6-14(23)11-18(13)27(20(16)25-22(26)29)15-7-8-19(30-2)17(24)12-15/h5-8,10-12H,3-4,9H2,1-2H3. The highest BCUT2D eigenvalue weighted by molar-refractivity contribution is 6.32. The number of nitrogens with zero attached hydrogens (tertiary/aromatic N) is 3. The molecule has 0 saturated carbocycles. The van der Waals surface area contributed by atoms with Gasteiger partial charge in [0.15, 0.2) is 5.82 Å². The van der Waals surface area contributed by atoms with Crippen molar-refractivity contribution in [1.82, 2.24) is 14.1 Å². The van der Waals surface area contributed by atoms with E-state index >= 15 is 0 Å². The molecule has 0 bridgehead atoms. The van der Waals surface area contributed by atoms with Crippen molar-refractivity contribution in [2.45, 2.75) is 26.3 Å². The van der Waals surface area contributed by atoms with Crippen molar-refractivity contribution in [3.8, 4) is 22.8 Å². The van der Waals surface area contributed by atoms with Gasteiger partial charge in [-0.1, -0.05) is 42.6 Å². The molecule has 2 aliphatic rings. The fourth-order valence-electron chi connectivity index (χ4n) is 3.51. The zero-order valence-corrected chi connectivity index (χ0v) is 18.0. The Labute approximate surface area is 182 Å². The van der Waals surface area contributed by atoms with Gasteiger partial charge in [0.05, 0.1) is 23.2 Å². The number of unbranched alkanes of at least 4 members (excludes halogenated alkanes) is 1. The van der Waals surface area contributed by atoms with E-state index in [1.807, 2.05) is 13.0 Å². The molecule has 154 valence electrons. The summed E-state index contributed by atoms with van der Waals surface area (Å²) in [6.45, 7) is 2.34. The molecule has 30 heavy (non-hydrogen) atoms. The molecule has 0 aromatic heterocycles. The first kappa shape index (κ1) is 20.4. The molecule has 0 amide bonds. The van der Waals surface area contributed by atoms with E-state index in [1.165, 1.54) is 11.7 Å². The minimum Gasteiger partial charge on any atom is -0.495 e. The summed E-state index contributed by atoms with van der Waals surface area (Å²) in [5.74, 6) is 0.775. The third-order valence-corrected chi connectivity index (χ3v) is 5.55. The Morgan fingerprint density at radius 3 is 2.57 bits per heavy atom. The summed E-state index contributed by atoms with van der Waals surface area (Å²) < 4.78 is 8.16. The normalized spacial score (nSPS) is 11.3. The Kier molecular flexibility index (Phi) is 5.54. The molecule has 0 atom stereocenters. The van der Waals surface area contributed by atoms with Crippen molar-refractivity contribution < 1.29 is 4.74 Å². The van der Waals surface area contributed by atoms with Crippen LogP contribution < -0.4 is 16.0 Å². The fraction of sp³-hybridized carbons (Fsp3) is 0.227. The molecule has 6 nitrogen and oxygen atoms in total. The Morgan fingerprint density at radius 2 is 1.87 bits per heavy atom. The maximum atomic E-state index is 13.2. The van der Waals surface area contributed by atoms with Crippen molar-refractivity contribution >= 4 is 34.1 Å². The summed E-state index contributed by atoms with van der Waals surface area (Å²) in [7, 11) is 1.53. The molecular formula is C22H19Cl2N3O3. The van der Waals surface area contributed by atoms with Gasteiger partial charge in [-0.15, -0.1) is 0 Å². The van der Waals surface area contributed by atoms with E-state index in [9.17, 15) is 9.59 Å². The summed E-state index contributed by atoms with van der Waals surface area (Å²) >= 11 is 12.6. The van der Waals surface area contributed by atoms with Crippen molar-refractivity contribution in [3.63, 3.8) is 0 Å². The Bertz CT molecular complexity index is 1340. The number of halogens is 2. The largest absolute Gasteiger partial charge is 0.495 e. The first-order valence-corrected chi connectivity index (χ1v) is 10.3. The second-order valence-corrected chi connectivity index (χ2v) is 7.79. The van der Waals surface area contributed by atoms with Crippen molar-refractivity contribution in [3.05, 3.63) is 73.3 Å². The smallest absolute Gasteiger partial charge is 0.352 e. The Balaban J connectivity index is 2.12. The maximum Gasteiger partial charge on any atom is 0.352 e. The number of rotatable bonds is 5. The highest BCUT2D eigenvalue weighted by Crippen LogP contribution is 2.33. The fourth-order valence-corrected chi connectivity index (χ4v) is 3.93. The average Bonchev–Trinajstić information content (AvgIpc) is 2.72. The van der Waals surface area contributed by atoms with Crippen LogP contribution in [0.1, 0.15) is 19.8 Å². The van der Waals surface area contributed by atoms with Crippen molar-refractivity contribution in [1.29, 1.82) is 0 Å². The molecule has 0 N–H and O–H groups in total.